The van der Waals surface area contributed by atoms with E-state index in [1.54, 1.807) is 31.0 Å². The average Bonchev–Trinajstić information content (AvgIpc) is 2.53. The molecule has 1 aromatic heterocycles. The lowest BCUT2D eigenvalue weighted by Crippen LogP contribution is -2.58. The molecule has 7 heteroatoms. The van der Waals surface area contributed by atoms with Crippen LogP contribution >= 0.6 is 0 Å². The van der Waals surface area contributed by atoms with Gasteiger partial charge in [0.25, 0.3) is 11.8 Å². The topological polar surface area (TPSA) is 80.8 Å². The number of morpholine rings is 1. The lowest BCUT2D eigenvalue weighted by atomic mass is 10.0. The zero-order valence-electron chi connectivity index (χ0n) is 12.4. The number of amides is 2. The molecule has 1 N–H and O–H groups in total. The minimum absolute atomic E-state index is 0.177. The molecule has 1 unspecified atom stereocenters. The minimum atomic E-state index is -1.03. The largest absolute Gasteiger partial charge is 0.481 e. The van der Waals surface area contributed by atoms with Gasteiger partial charge in [0.15, 0.2) is 5.60 Å². The van der Waals surface area contributed by atoms with Crippen molar-refractivity contribution in [2.75, 3.05) is 33.9 Å². The second-order valence-corrected chi connectivity index (χ2v) is 4.97. The monoisotopic (exact) mass is 293 g/mol. The van der Waals surface area contributed by atoms with Crippen LogP contribution in [0.3, 0.4) is 0 Å². The van der Waals surface area contributed by atoms with Gasteiger partial charge in [0.1, 0.15) is 0 Å². The van der Waals surface area contributed by atoms with Crippen LogP contribution in [0.25, 0.3) is 0 Å². The highest BCUT2D eigenvalue weighted by molar-refractivity contribution is 5.95. The highest BCUT2D eigenvalue weighted by atomic mass is 16.5. The number of pyridine rings is 1. The Kier molecular flexibility index (Phi) is 4.42. The molecule has 2 heterocycles. The summed E-state index contributed by atoms with van der Waals surface area (Å²) in [4.78, 5) is 29.9. The molecule has 0 aliphatic carbocycles. The van der Waals surface area contributed by atoms with Gasteiger partial charge in [-0.2, -0.15) is 0 Å². The highest BCUT2D eigenvalue weighted by Gasteiger charge is 2.40. The van der Waals surface area contributed by atoms with E-state index in [1.165, 1.54) is 13.3 Å². The number of aromatic nitrogens is 1. The van der Waals surface area contributed by atoms with E-state index in [-0.39, 0.29) is 18.4 Å². The van der Waals surface area contributed by atoms with Gasteiger partial charge in [-0.25, -0.2) is 4.98 Å². The number of nitrogens with zero attached hydrogens (tertiary/aromatic N) is 2. The van der Waals surface area contributed by atoms with Gasteiger partial charge in [0.05, 0.1) is 25.8 Å². The van der Waals surface area contributed by atoms with Crippen LogP contribution in [-0.4, -0.2) is 61.2 Å². The van der Waals surface area contributed by atoms with Crippen molar-refractivity contribution in [2.45, 2.75) is 12.5 Å². The van der Waals surface area contributed by atoms with Gasteiger partial charge >= 0.3 is 0 Å². The average molecular weight is 293 g/mol. The second kappa shape index (κ2) is 6.09. The smallest absolute Gasteiger partial charge is 0.255 e. The Morgan fingerprint density at radius 1 is 1.48 bits per heavy atom. The molecule has 0 radical (unpaired) electrons. The summed E-state index contributed by atoms with van der Waals surface area (Å²) in [6.07, 6.45) is 1.47. The number of likely N-dealkylation sites (N-methyl/N-ethyl adjacent to an activating group) is 1. The Morgan fingerprint density at radius 3 is 2.81 bits per heavy atom. The van der Waals surface area contributed by atoms with Crippen molar-refractivity contribution in [1.29, 1.82) is 0 Å². The van der Waals surface area contributed by atoms with Crippen LogP contribution in [0.15, 0.2) is 18.3 Å². The SMILES string of the molecule is CNC(=O)C1(C)CN(C(=O)c2ccc(OC)nc2)CCO1. The number of hydrogen-bond donors (Lipinski definition) is 1. The summed E-state index contributed by atoms with van der Waals surface area (Å²) < 4.78 is 10.5. The predicted octanol–water partition coefficient (Wildman–Crippen LogP) is 0.0673. The summed E-state index contributed by atoms with van der Waals surface area (Å²) in [5, 5.41) is 2.56. The number of carbonyl (C=O) groups is 2. The Hall–Kier alpha value is -2.15. The van der Waals surface area contributed by atoms with Crippen LogP contribution < -0.4 is 10.1 Å². The molecule has 1 atom stereocenters. The first-order chi connectivity index (χ1) is 10.00. The molecule has 1 aliphatic rings. The van der Waals surface area contributed by atoms with Crippen LogP contribution in [0.4, 0.5) is 0 Å². The first kappa shape index (κ1) is 15.2. The fourth-order valence-corrected chi connectivity index (χ4v) is 2.26. The van der Waals surface area contributed by atoms with E-state index in [0.717, 1.165) is 0 Å². The zero-order valence-corrected chi connectivity index (χ0v) is 12.4. The summed E-state index contributed by atoms with van der Waals surface area (Å²) in [6, 6.07) is 3.28. The molecule has 0 bridgehead atoms. The Balaban J connectivity index is 2.13. The molecule has 1 aromatic rings. The number of nitrogens with one attached hydrogen (secondary N) is 1. The van der Waals surface area contributed by atoms with Gasteiger partial charge in [-0.3, -0.25) is 9.59 Å². The fourth-order valence-electron chi connectivity index (χ4n) is 2.26. The molecule has 2 rings (SSSR count). The maximum atomic E-state index is 12.5. The first-order valence-electron chi connectivity index (χ1n) is 6.65. The maximum Gasteiger partial charge on any atom is 0.255 e. The predicted molar refractivity (Wildman–Crippen MR) is 75.1 cm³/mol. The molecule has 114 valence electrons. The molecule has 0 saturated carbocycles. The van der Waals surface area contributed by atoms with E-state index >= 15 is 0 Å². The third-order valence-corrected chi connectivity index (χ3v) is 3.46. The van der Waals surface area contributed by atoms with Gasteiger partial charge in [0.2, 0.25) is 5.88 Å². The molecule has 0 spiro atoms. The summed E-state index contributed by atoms with van der Waals surface area (Å²) in [6.45, 7) is 2.64. The molecule has 21 heavy (non-hydrogen) atoms. The van der Waals surface area contributed by atoms with E-state index in [2.05, 4.69) is 10.3 Å². The van der Waals surface area contributed by atoms with E-state index in [9.17, 15) is 9.59 Å². The van der Waals surface area contributed by atoms with Crippen LogP contribution in [0.2, 0.25) is 0 Å². The van der Waals surface area contributed by atoms with Crippen molar-refractivity contribution in [3.63, 3.8) is 0 Å². The van der Waals surface area contributed by atoms with Crippen molar-refractivity contribution < 1.29 is 19.1 Å². The van der Waals surface area contributed by atoms with Crippen molar-refractivity contribution in [1.82, 2.24) is 15.2 Å². The summed E-state index contributed by atoms with van der Waals surface area (Å²) in [5.74, 6) is 0.0279. The zero-order chi connectivity index (χ0) is 15.5. The minimum Gasteiger partial charge on any atom is -0.481 e. The Labute approximate surface area is 123 Å². The Morgan fingerprint density at radius 2 is 2.24 bits per heavy atom. The number of ether oxygens (including phenoxy) is 2. The van der Waals surface area contributed by atoms with Crippen molar-refractivity contribution in [2.24, 2.45) is 0 Å². The number of hydrogen-bond acceptors (Lipinski definition) is 5. The quantitative estimate of drug-likeness (QED) is 0.853. The molecular weight excluding hydrogens is 274 g/mol. The first-order valence-corrected chi connectivity index (χ1v) is 6.65. The number of methoxy groups -OCH3 is 1. The third-order valence-electron chi connectivity index (χ3n) is 3.46. The lowest BCUT2D eigenvalue weighted by Gasteiger charge is -2.39. The van der Waals surface area contributed by atoms with Crippen molar-refractivity contribution >= 4 is 11.8 Å². The van der Waals surface area contributed by atoms with E-state index < -0.39 is 5.60 Å². The number of carbonyl (C=O) groups excluding carboxylic acids is 2. The summed E-state index contributed by atoms with van der Waals surface area (Å²) in [5.41, 5.74) is -0.570. The van der Waals surface area contributed by atoms with Gasteiger partial charge in [-0.1, -0.05) is 0 Å². The molecule has 0 aromatic carbocycles. The normalized spacial score (nSPS) is 21.8. The molecule has 1 aliphatic heterocycles. The standard InChI is InChI=1S/C14H19N3O4/c1-14(13(19)15-2)9-17(6-7-21-14)12(18)10-4-5-11(20-3)16-8-10/h4-5,8H,6-7,9H2,1-3H3,(H,15,19). The van der Waals surface area contributed by atoms with Gasteiger partial charge in [-0.15, -0.1) is 0 Å². The molecule has 1 fully saturated rings. The van der Waals surface area contributed by atoms with Crippen LogP contribution in [0, 0.1) is 0 Å². The van der Waals surface area contributed by atoms with Crippen LogP contribution in [-0.2, 0) is 9.53 Å². The Bertz CT molecular complexity index is 532. The van der Waals surface area contributed by atoms with Crippen molar-refractivity contribution in [3.05, 3.63) is 23.9 Å². The highest BCUT2D eigenvalue weighted by Crippen LogP contribution is 2.20. The third kappa shape index (κ3) is 3.13. The van der Waals surface area contributed by atoms with Gasteiger partial charge in [0, 0.05) is 25.9 Å². The number of rotatable bonds is 3. The van der Waals surface area contributed by atoms with Gasteiger partial charge in [-0.05, 0) is 13.0 Å². The fraction of sp³-hybridized carbons (Fsp3) is 0.500. The van der Waals surface area contributed by atoms with Gasteiger partial charge < -0.3 is 19.7 Å². The van der Waals surface area contributed by atoms with E-state index in [4.69, 9.17) is 9.47 Å². The van der Waals surface area contributed by atoms with Crippen LogP contribution in [0.5, 0.6) is 5.88 Å². The second-order valence-electron chi connectivity index (χ2n) is 4.97. The van der Waals surface area contributed by atoms with E-state index in [1.807, 2.05) is 0 Å². The van der Waals surface area contributed by atoms with Crippen molar-refractivity contribution in [3.8, 4) is 5.88 Å². The van der Waals surface area contributed by atoms with Crippen LogP contribution in [0.1, 0.15) is 17.3 Å². The molecular formula is C14H19N3O4. The summed E-state index contributed by atoms with van der Waals surface area (Å²) >= 11 is 0. The maximum absolute atomic E-state index is 12.5. The summed E-state index contributed by atoms with van der Waals surface area (Å²) in [7, 11) is 3.06. The van der Waals surface area contributed by atoms with E-state index in [0.29, 0.717) is 24.6 Å². The molecule has 2 amide bonds. The molecule has 1 saturated heterocycles. The lowest BCUT2D eigenvalue weighted by molar-refractivity contribution is -0.153. The molecule has 7 nitrogen and oxygen atoms in total.